The van der Waals surface area contributed by atoms with Crippen LogP contribution in [-0.2, 0) is 61.7 Å². The summed E-state index contributed by atoms with van der Waals surface area (Å²) in [6.07, 6.45) is 8.78. The molecule has 5 heterocycles. The first kappa shape index (κ1) is 97.5. The number of rotatable bonds is 61. The molecular weight excluding hydrogens is 1430 g/mol. The summed E-state index contributed by atoms with van der Waals surface area (Å²) in [5.41, 5.74) is 0. The van der Waals surface area contributed by atoms with Crippen LogP contribution in [0.25, 0.3) is 0 Å². The van der Waals surface area contributed by atoms with E-state index in [0.29, 0.717) is 6.42 Å². The molecule has 11 unspecified atom stereocenters. The van der Waals surface area contributed by atoms with Crippen LogP contribution in [0.3, 0.4) is 0 Å². The minimum atomic E-state index is -1.68. The number of esters is 2. The number of nitrogens with one attached hydrogen (secondary N) is 1. The van der Waals surface area contributed by atoms with Gasteiger partial charge in [-0.05, 0) is 19.3 Å². The number of aliphatic hydroxyl groups excluding tert-OH is 16. The lowest BCUT2D eigenvalue weighted by Crippen LogP contribution is -2.63. The second kappa shape index (κ2) is 57.1. The molecule has 5 fully saturated rings. The number of aliphatic hydroxyl groups is 16. The summed E-state index contributed by atoms with van der Waals surface area (Å²) in [5, 5.41) is 175. The third-order valence-corrected chi connectivity index (χ3v) is 22.8. The normalized spacial score (nSPS) is 33.3. The van der Waals surface area contributed by atoms with Crippen molar-refractivity contribution in [3.8, 4) is 0 Å². The molecule has 0 bridgehead atoms. The topological polar surface area (TPSA) is 471 Å². The van der Waals surface area contributed by atoms with Crippen LogP contribution in [0.1, 0.15) is 232 Å². The van der Waals surface area contributed by atoms with Crippen molar-refractivity contribution in [3.05, 3.63) is 0 Å². The smallest absolute Gasteiger partial charge is 0.323 e. The van der Waals surface area contributed by atoms with E-state index in [1.54, 1.807) is 0 Å². The molecule has 0 amide bonds. The zero-order valence-corrected chi connectivity index (χ0v) is 65.6. The van der Waals surface area contributed by atoms with Crippen LogP contribution in [0.4, 0.5) is 0 Å². The lowest BCUT2D eigenvalue weighted by Gasteiger charge is -2.45. The number of hydrogen-bond acceptors (Lipinski definition) is 30. The summed E-state index contributed by atoms with van der Waals surface area (Å²) in [6, 6.07) is -1.17. The standard InChI is InChI=1S/C79H147NO29/c1-3-5-7-9-11-13-15-17-19-21-23-25-27-29-31-33-37-103-66(86)36-35-56(79(98)104-38-34-32-30-28-26-24-22-20-18-16-14-12-10-8-6-4-2)80-78-77(97)70(90)55(60(42-84)109-78)47-102-50-64-74(94)68(88)53(58(40-82)107-64)45-100-48-62-72(92)67(87)52(57(39-81)105-62)44-99-49-63-73(93)69(89)54(59(41-83)106-63)46-101-51-65-75(95)76(96)71(91)61(43-85)108-65/h52-65,67-78,80-85,87-97H,3-51H2,1-2H3/t52-,53-,54-,55-,56?,57?,58?,59?,60?,61?,62-,63-,64-,65-,67-,68-,69-,70-,71-,72?,73?,74?,75?,76-,77?,78-/m1/s1. The van der Waals surface area contributed by atoms with E-state index >= 15 is 0 Å². The fourth-order valence-corrected chi connectivity index (χ4v) is 15.6. The third kappa shape index (κ3) is 34.2. The fourth-order valence-electron chi connectivity index (χ4n) is 15.6. The largest absolute Gasteiger partial charge is 0.466 e. The molecule has 0 saturated carbocycles. The van der Waals surface area contributed by atoms with Crippen molar-refractivity contribution in [2.45, 2.75) is 367 Å². The molecule has 30 nitrogen and oxygen atoms in total. The Hall–Kier alpha value is -2.10. The number of unbranched alkanes of at least 4 members (excludes halogenated alkanes) is 30. The second-order valence-electron chi connectivity index (χ2n) is 31.3. The van der Waals surface area contributed by atoms with Gasteiger partial charge in [0.25, 0.3) is 0 Å². The first-order chi connectivity index (χ1) is 52.8. The lowest BCUT2D eigenvalue weighted by atomic mass is 9.86. The van der Waals surface area contributed by atoms with E-state index in [4.69, 9.17) is 52.1 Å². The van der Waals surface area contributed by atoms with Gasteiger partial charge in [-0.3, -0.25) is 14.9 Å². The number of hydrogen-bond donors (Lipinski definition) is 17. The van der Waals surface area contributed by atoms with Crippen LogP contribution in [-0.4, -0.2) is 327 Å². The molecular formula is C79H147NO29. The van der Waals surface area contributed by atoms with E-state index < -0.39 is 223 Å². The van der Waals surface area contributed by atoms with Gasteiger partial charge in [0.2, 0.25) is 0 Å². The predicted molar refractivity (Wildman–Crippen MR) is 399 cm³/mol. The van der Waals surface area contributed by atoms with Crippen molar-refractivity contribution in [1.29, 1.82) is 0 Å². The van der Waals surface area contributed by atoms with Crippen LogP contribution in [0, 0.1) is 23.7 Å². The van der Waals surface area contributed by atoms with Crippen molar-refractivity contribution >= 4 is 11.9 Å². The monoisotopic (exact) mass is 1570 g/mol. The minimum Gasteiger partial charge on any atom is -0.466 e. The van der Waals surface area contributed by atoms with Gasteiger partial charge >= 0.3 is 11.9 Å². The fraction of sp³-hybridized carbons (Fsp3) is 0.975. The summed E-state index contributed by atoms with van der Waals surface area (Å²) in [4.78, 5) is 26.9. The van der Waals surface area contributed by atoms with Crippen LogP contribution in [0.15, 0.2) is 0 Å². The van der Waals surface area contributed by atoms with Gasteiger partial charge in [-0.25, -0.2) is 0 Å². The SMILES string of the molecule is CCCCCCCCCCCCCCCCCCOC(=O)CCC(N[C@@H]1OC(CO)[C@@H](COC[C@H]2OC(CO)[C@@H](COC[C@H]3OC(CO)[C@@H](COC[C@H]4OC(CO)[C@@H](COC[C@H]5OC(CO)[C@@H](O)[C@@H](O)C5O)[C@@H](O)C4O)[C@@H](O)C3O)[C@@H](O)C2O)[C@@H](O)C1O)C(=O)OCCCCCCCCCCCCCCCCCC. The van der Waals surface area contributed by atoms with Crippen molar-refractivity contribution < 1.29 is 143 Å². The highest BCUT2D eigenvalue weighted by molar-refractivity contribution is 5.77. The Kier molecular flexibility index (Phi) is 51.0. The highest BCUT2D eigenvalue weighted by atomic mass is 16.6. The van der Waals surface area contributed by atoms with Crippen molar-refractivity contribution in [2.24, 2.45) is 23.7 Å². The molecule has 5 aliphatic rings. The molecule has 0 radical (unpaired) electrons. The Labute approximate surface area is 647 Å². The molecule has 109 heavy (non-hydrogen) atoms. The van der Waals surface area contributed by atoms with E-state index in [-0.39, 0.29) is 59.1 Å². The van der Waals surface area contributed by atoms with Gasteiger partial charge in [-0.2, -0.15) is 0 Å². The van der Waals surface area contributed by atoms with E-state index in [2.05, 4.69) is 19.2 Å². The van der Waals surface area contributed by atoms with Gasteiger partial charge in [0, 0.05) is 30.1 Å². The van der Waals surface area contributed by atoms with Gasteiger partial charge in [-0.1, -0.05) is 206 Å². The average molecular weight is 1580 g/mol. The Morgan fingerprint density at radius 2 is 0.550 bits per heavy atom. The second-order valence-corrected chi connectivity index (χ2v) is 31.3. The van der Waals surface area contributed by atoms with E-state index in [1.807, 2.05) is 0 Å². The zero-order chi connectivity index (χ0) is 79.3. The first-order valence-electron chi connectivity index (χ1n) is 42.0. The molecule has 5 saturated heterocycles. The highest BCUT2D eigenvalue weighted by Gasteiger charge is 2.51. The summed E-state index contributed by atoms with van der Waals surface area (Å²) in [5.74, 6) is -5.38. The molecule has 5 rings (SSSR count). The molecule has 0 aromatic carbocycles. The summed E-state index contributed by atoms with van der Waals surface area (Å²) >= 11 is 0. The summed E-state index contributed by atoms with van der Waals surface area (Å²) in [7, 11) is 0. The van der Waals surface area contributed by atoms with Gasteiger partial charge in [0.05, 0.1) is 148 Å². The van der Waals surface area contributed by atoms with Crippen molar-refractivity contribution in [1.82, 2.24) is 5.32 Å². The number of carbonyl (C=O) groups is 2. The Morgan fingerprint density at radius 3 is 0.862 bits per heavy atom. The lowest BCUT2D eigenvalue weighted by molar-refractivity contribution is -0.254. The van der Waals surface area contributed by atoms with Crippen molar-refractivity contribution in [2.75, 3.05) is 99.1 Å². The molecule has 0 spiro atoms. The van der Waals surface area contributed by atoms with Gasteiger partial charge < -0.3 is 134 Å². The Morgan fingerprint density at radius 1 is 0.294 bits per heavy atom. The number of ether oxygens (including phenoxy) is 11. The van der Waals surface area contributed by atoms with Crippen LogP contribution in [0.2, 0.25) is 0 Å². The van der Waals surface area contributed by atoms with Gasteiger partial charge in [0.15, 0.2) is 0 Å². The van der Waals surface area contributed by atoms with Crippen LogP contribution < -0.4 is 5.32 Å². The first-order valence-corrected chi connectivity index (χ1v) is 42.0. The Balaban J connectivity index is 1.03. The van der Waals surface area contributed by atoms with E-state index in [9.17, 15) is 91.3 Å². The molecule has 5 aliphatic heterocycles. The maximum Gasteiger partial charge on any atom is 0.323 e. The quantitative estimate of drug-likeness (QED) is 0.0307. The molecule has 17 N–H and O–H groups in total. The van der Waals surface area contributed by atoms with Gasteiger partial charge in [-0.15, -0.1) is 0 Å². The van der Waals surface area contributed by atoms with E-state index in [1.165, 1.54) is 148 Å². The zero-order valence-electron chi connectivity index (χ0n) is 65.6. The molecule has 642 valence electrons. The third-order valence-electron chi connectivity index (χ3n) is 22.8. The average Bonchev–Trinajstić information content (AvgIpc) is 0.817. The maximum atomic E-state index is 13.8. The molecule has 30 heteroatoms. The molecule has 0 aromatic heterocycles. The van der Waals surface area contributed by atoms with Crippen LogP contribution >= 0.6 is 0 Å². The highest BCUT2D eigenvalue weighted by Crippen LogP contribution is 2.34. The molecule has 0 aliphatic carbocycles. The molecule has 0 aromatic rings. The Bertz CT molecular complexity index is 2270. The van der Waals surface area contributed by atoms with Crippen LogP contribution in [0.5, 0.6) is 0 Å². The number of carbonyl (C=O) groups excluding carboxylic acids is 2. The molecule has 26 atom stereocenters. The van der Waals surface area contributed by atoms with Crippen molar-refractivity contribution in [3.63, 3.8) is 0 Å². The van der Waals surface area contributed by atoms with E-state index in [0.717, 1.165) is 51.4 Å². The maximum absolute atomic E-state index is 13.8. The summed E-state index contributed by atoms with van der Waals surface area (Å²) in [6.45, 7) is -1.38. The van der Waals surface area contributed by atoms with Gasteiger partial charge in [0.1, 0.15) is 85.5 Å². The minimum absolute atomic E-state index is 0.0688. The predicted octanol–water partition coefficient (Wildman–Crippen LogP) is 2.59. The summed E-state index contributed by atoms with van der Waals surface area (Å²) < 4.78 is 63.8.